The summed E-state index contributed by atoms with van der Waals surface area (Å²) in [6.07, 6.45) is 3.25. The SMILES string of the molecule is CCCCCC(=O)NC(=S)NNC(=O)COc1ccc(Cl)c(C)c1. The molecule has 0 aliphatic heterocycles. The van der Waals surface area contributed by atoms with E-state index in [1.165, 1.54) is 0 Å². The zero-order valence-corrected chi connectivity index (χ0v) is 15.4. The molecule has 132 valence electrons. The van der Waals surface area contributed by atoms with Crippen molar-refractivity contribution in [1.29, 1.82) is 0 Å². The lowest BCUT2D eigenvalue weighted by Crippen LogP contribution is -2.49. The summed E-state index contributed by atoms with van der Waals surface area (Å²) in [5.74, 6) is -0.0628. The topological polar surface area (TPSA) is 79.5 Å². The van der Waals surface area contributed by atoms with Crippen molar-refractivity contribution in [2.24, 2.45) is 0 Å². The van der Waals surface area contributed by atoms with Gasteiger partial charge in [0.2, 0.25) is 5.91 Å². The molecule has 0 aliphatic carbocycles. The maximum Gasteiger partial charge on any atom is 0.276 e. The van der Waals surface area contributed by atoms with Crippen LogP contribution in [0.4, 0.5) is 0 Å². The number of thiocarbonyl (C=S) groups is 1. The Labute approximate surface area is 152 Å². The highest BCUT2D eigenvalue weighted by Crippen LogP contribution is 2.20. The summed E-state index contributed by atoms with van der Waals surface area (Å²) in [4.78, 5) is 23.2. The molecule has 3 N–H and O–H groups in total. The highest BCUT2D eigenvalue weighted by Gasteiger charge is 2.07. The second-order valence-corrected chi connectivity index (χ2v) is 6.02. The van der Waals surface area contributed by atoms with E-state index in [2.05, 4.69) is 23.1 Å². The first kappa shape index (κ1) is 20.2. The van der Waals surface area contributed by atoms with Crippen LogP contribution in [0.25, 0.3) is 0 Å². The summed E-state index contributed by atoms with van der Waals surface area (Å²) in [6.45, 7) is 3.71. The van der Waals surface area contributed by atoms with Crippen LogP contribution in [0, 0.1) is 6.92 Å². The van der Waals surface area contributed by atoms with Crippen LogP contribution in [0.15, 0.2) is 18.2 Å². The summed E-state index contributed by atoms with van der Waals surface area (Å²) >= 11 is 10.8. The van der Waals surface area contributed by atoms with Crippen LogP contribution in [0.2, 0.25) is 5.02 Å². The Hall–Kier alpha value is -1.86. The van der Waals surface area contributed by atoms with Gasteiger partial charge in [0.25, 0.3) is 5.91 Å². The molecule has 0 radical (unpaired) electrons. The molecule has 0 atom stereocenters. The van der Waals surface area contributed by atoms with Gasteiger partial charge in [0.15, 0.2) is 11.7 Å². The maximum atomic E-state index is 11.7. The lowest BCUT2D eigenvalue weighted by molar-refractivity contribution is -0.124. The minimum Gasteiger partial charge on any atom is -0.484 e. The molecule has 0 spiro atoms. The van der Waals surface area contributed by atoms with Gasteiger partial charge in [-0.2, -0.15) is 0 Å². The summed E-state index contributed by atoms with van der Waals surface area (Å²) in [5.41, 5.74) is 5.68. The van der Waals surface area contributed by atoms with Gasteiger partial charge in [0, 0.05) is 11.4 Å². The molecule has 2 amide bonds. The third kappa shape index (κ3) is 8.12. The lowest BCUT2D eigenvalue weighted by Gasteiger charge is -2.11. The van der Waals surface area contributed by atoms with Crippen molar-refractivity contribution < 1.29 is 14.3 Å². The van der Waals surface area contributed by atoms with E-state index in [9.17, 15) is 9.59 Å². The molecule has 8 heteroatoms. The number of carbonyl (C=O) groups is 2. The van der Waals surface area contributed by atoms with Crippen LogP contribution in [-0.4, -0.2) is 23.5 Å². The fraction of sp³-hybridized carbons (Fsp3) is 0.438. The molecule has 0 unspecified atom stereocenters. The number of rotatable bonds is 7. The minimum atomic E-state index is -0.426. The summed E-state index contributed by atoms with van der Waals surface area (Å²) < 4.78 is 5.34. The van der Waals surface area contributed by atoms with Crippen molar-refractivity contribution in [3.63, 3.8) is 0 Å². The van der Waals surface area contributed by atoms with E-state index in [0.717, 1.165) is 24.8 Å². The first-order valence-corrected chi connectivity index (χ1v) is 8.48. The number of carbonyl (C=O) groups excluding carboxylic acids is 2. The predicted molar refractivity (Wildman–Crippen MR) is 97.8 cm³/mol. The van der Waals surface area contributed by atoms with Crippen molar-refractivity contribution in [3.05, 3.63) is 28.8 Å². The van der Waals surface area contributed by atoms with Crippen molar-refractivity contribution in [1.82, 2.24) is 16.2 Å². The van der Waals surface area contributed by atoms with E-state index < -0.39 is 5.91 Å². The molecule has 0 bridgehead atoms. The molecular weight excluding hydrogens is 350 g/mol. The molecule has 1 rings (SSSR count). The van der Waals surface area contributed by atoms with E-state index in [-0.39, 0.29) is 17.6 Å². The Balaban J connectivity index is 2.24. The Morgan fingerprint density at radius 3 is 2.62 bits per heavy atom. The lowest BCUT2D eigenvalue weighted by atomic mass is 10.2. The maximum absolute atomic E-state index is 11.7. The number of nitrogens with one attached hydrogen (secondary N) is 3. The fourth-order valence-corrected chi connectivity index (χ4v) is 2.06. The zero-order chi connectivity index (χ0) is 17.9. The smallest absolute Gasteiger partial charge is 0.276 e. The van der Waals surface area contributed by atoms with Crippen LogP contribution < -0.4 is 20.9 Å². The molecule has 1 aromatic rings. The number of hydrogen-bond donors (Lipinski definition) is 3. The fourth-order valence-electron chi connectivity index (χ4n) is 1.77. The molecule has 0 saturated heterocycles. The molecule has 0 aromatic heterocycles. The summed E-state index contributed by atoms with van der Waals surface area (Å²) in [5, 5.41) is 3.17. The largest absolute Gasteiger partial charge is 0.484 e. The van der Waals surface area contributed by atoms with Gasteiger partial charge in [-0.05, 0) is 49.3 Å². The number of aryl methyl sites for hydroxylation is 1. The van der Waals surface area contributed by atoms with Gasteiger partial charge >= 0.3 is 0 Å². The molecule has 0 saturated carbocycles. The molecule has 6 nitrogen and oxygen atoms in total. The predicted octanol–water partition coefficient (Wildman–Crippen LogP) is 2.63. The zero-order valence-electron chi connectivity index (χ0n) is 13.8. The number of amides is 2. The number of ether oxygens (including phenoxy) is 1. The second kappa shape index (κ2) is 10.8. The first-order chi connectivity index (χ1) is 11.4. The van der Waals surface area contributed by atoms with E-state index in [4.69, 9.17) is 28.6 Å². The van der Waals surface area contributed by atoms with Crippen LogP contribution in [0.5, 0.6) is 5.75 Å². The van der Waals surface area contributed by atoms with Gasteiger partial charge in [-0.15, -0.1) is 0 Å². The second-order valence-electron chi connectivity index (χ2n) is 5.21. The third-order valence-electron chi connectivity index (χ3n) is 3.08. The van der Waals surface area contributed by atoms with Gasteiger partial charge in [0.1, 0.15) is 5.75 Å². The Morgan fingerprint density at radius 1 is 1.21 bits per heavy atom. The Bertz CT molecular complexity index is 596. The van der Waals surface area contributed by atoms with E-state index >= 15 is 0 Å². The molecule has 0 heterocycles. The Kier molecular flexibility index (Phi) is 9.11. The number of unbranched alkanes of at least 4 members (excludes halogenated alkanes) is 2. The molecule has 0 aliphatic rings. The molecule has 0 fully saturated rings. The van der Waals surface area contributed by atoms with Gasteiger partial charge in [-0.1, -0.05) is 31.4 Å². The van der Waals surface area contributed by atoms with E-state index in [1.54, 1.807) is 18.2 Å². The van der Waals surface area contributed by atoms with E-state index in [1.807, 2.05) is 6.92 Å². The van der Waals surface area contributed by atoms with Crippen molar-refractivity contribution >= 4 is 40.7 Å². The average molecular weight is 372 g/mol. The number of halogens is 1. The van der Waals surface area contributed by atoms with Gasteiger partial charge in [-0.3, -0.25) is 20.4 Å². The molecular formula is C16H22ClN3O3S. The molecule has 24 heavy (non-hydrogen) atoms. The summed E-state index contributed by atoms with van der Waals surface area (Å²) in [7, 11) is 0. The van der Waals surface area contributed by atoms with Crippen LogP contribution in [-0.2, 0) is 9.59 Å². The first-order valence-electron chi connectivity index (χ1n) is 7.70. The van der Waals surface area contributed by atoms with Crippen LogP contribution >= 0.6 is 23.8 Å². The third-order valence-corrected chi connectivity index (χ3v) is 3.70. The highest BCUT2D eigenvalue weighted by molar-refractivity contribution is 7.80. The van der Waals surface area contributed by atoms with Crippen molar-refractivity contribution in [2.45, 2.75) is 39.5 Å². The standard InChI is InChI=1S/C16H22ClN3O3S/c1-3-4-5-6-14(21)18-16(24)20-19-15(22)10-23-12-7-8-13(17)11(2)9-12/h7-9H,3-6,10H2,1-2H3,(H,19,22)(H2,18,20,21,24). The van der Waals surface area contributed by atoms with Gasteiger partial charge in [-0.25, -0.2) is 0 Å². The minimum absolute atomic E-state index is 0.0483. The highest BCUT2D eigenvalue weighted by atomic mass is 35.5. The van der Waals surface area contributed by atoms with Gasteiger partial charge < -0.3 is 10.1 Å². The summed E-state index contributed by atoms with van der Waals surface area (Å²) in [6, 6.07) is 5.12. The van der Waals surface area contributed by atoms with Gasteiger partial charge in [0.05, 0.1) is 0 Å². The number of benzene rings is 1. The Morgan fingerprint density at radius 2 is 1.96 bits per heavy atom. The molecule has 1 aromatic carbocycles. The average Bonchev–Trinajstić information content (AvgIpc) is 2.54. The van der Waals surface area contributed by atoms with Crippen molar-refractivity contribution in [2.75, 3.05) is 6.61 Å². The van der Waals surface area contributed by atoms with Crippen molar-refractivity contribution in [3.8, 4) is 5.75 Å². The number of hydrogen-bond acceptors (Lipinski definition) is 4. The van der Waals surface area contributed by atoms with Crippen LogP contribution in [0.3, 0.4) is 0 Å². The number of hydrazine groups is 1. The van der Waals surface area contributed by atoms with Crippen LogP contribution in [0.1, 0.15) is 38.2 Å². The monoisotopic (exact) mass is 371 g/mol. The normalized spacial score (nSPS) is 9.96. The van der Waals surface area contributed by atoms with E-state index in [0.29, 0.717) is 17.2 Å². The quantitative estimate of drug-likeness (QED) is 0.390.